The fourth-order valence-corrected chi connectivity index (χ4v) is 2.70. The van der Waals surface area contributed by atoms with Crippen molar-refractivity contribution in [1.29, 1.82) is 0 Å². The van der Waals surface area contributed by atoms with Gasteiger partial charge in [-0.2, -0.15) is 11.8 Å². The molecule has 1 rings (SSSR count). The third kappa shape index (κ3) is 4.30. The maximum absolute atomic E-state index is 10.6. The van der Waals surface area contributed by atoms with Gasteiger partial charge in [-0.25, -0.2) is 0 Å². The predicted molar refractivity (Wildman–Crippen MR) is 60.1 cm³/mol. The van der Waals surface area contributed by atoms with Crippen molar-refractivity contribution in [3.63, 3.8) is 0 Å². The van der Waals surface area contributed by atoms with Gasteiger partial charge in [0.25, 0.3) is 0 Å². The molecule has 1 heterocycles. The first-order valence-electron chi connectivity index (χ1n) is 5.03. The number of primary amides is 1. The highest BCUT2D eigenvalue weighted by Gasteiger charge is 2.14. The zero-order valence-corrected chi connectivity index (χ0v) is 9.19. The molecule has 0 spiro atoms. The number of hydrogen-bond acceptors (Lipinski definition) is 4. The average Bonchev–Trinajstić information content (AvgIpc) is 2.19. The Morgan fingerprint density at radius 3 is 2.71 bits per heavy atom. The van der Waals surface area contributed by atoms with Gasteiger partial charge in [0, 0.05) is 6.54 Å². The number of amides is 1. The number of nitrogens with one attached hydrogen (secondary N) is 1. The second-order valence-corrected chi connectivity index (χ2v) is 4.95. The van der Waals surface area contributed by atoms with E-state index in [2.05, 4.69) is 5.32 Å². The number of carbonyl (C=O) groups is 1. The van der Waals surface area contributed by atoms with Crippen LogP contribution in [-0.2, 0) is 4.79 Å². The monoisotopic (exact) mass is 217 g/mol. The van der Waals surface area contributed by atoms with Gasteiger partial charge in [0.2, 0.25) is 5.91 Å². The largest absolute Gasteiger partial charge is 0.368 e. The van der Waals surface area contributed by atoms with E-state index in [1.165, 1.54) is 24.3 Å². The van der Waals surface area contributed by atoms with Crippen LogP contribution >= 0.6 is 11.8 Å². The van der Waals surface area contributed by atoms with Crippen molar-refractivity contribution in [2.75, 3.05) is 24.6 Å². The molecule has 1 unspecified atom stereocenters. The molecule has 1 saturated heterocycles. The van der Waals surface area contributed by atoms with Crippen molar-refractivity contribution in [2.45, 2.75) is 18.9 Å². The second-order valence-electron chi connectivity index (χ2n) is 3.72. The van der Waals surface area contributed by atoms with E-state index in [9.17, 15) is 4.79 Å². The number of hydrogen-bond donors (Lipinski definition) is 3. The highest BCUT2D eigenvalue weighted by molar-refractivity contribution is 7.99. The summed E-state index contributed by atoms with van der Waals surface area (Å²) in [6.45, 7) is 1.46. The molecule has 82 valence electrons. The van der Waals surface area contributed by atoms with Gasteiger partial charge in [0.15, 0.2) is 0 Å². The van der Waals surface area contributed by atoms with Crippen molar-refractivity contribution < 1.29 is 4.79 Å². The third-order valence-corrected chi connectivity index (χ3v) is 3.55. The van der Waals surface area contributed by atoms with Gasteiger partial charge < -0.3 is 16.8 Å². The quantitative estimate of drug-likeness (QED) is 0.581. The van der Waals surface area contributed by atoms with Crippen LogP contribution in [-0.4, -0.2) is 36.5 Å². The van der Waals surface area contributed by atoms with Crippen LogP contribution in [0.25, 0.3) is 0 Å². The molecule has 0 aromatic carbocycles. The van der Waals surface area contributed by atoms with E-state index in [1.54, 1.807) is 0 Å². The van der Waals surface area contributed by atoms with Gasteiger partial charge in [-0.05, 0) is 36.8 Å². The summed E-state index contributed by atoms with van der Waals surface area (Å²) >= 11 is 2.02. The zero-order chi connectivity index (χ0) is 10.4. The second kappa shape index (κ2) is 6.27. The minimum absolute atomic E-state index is 0.434. The van der Waals surface area contributed by atoms with Gasteiger partial charge in [0.1, 0.15) is 0 Å². The Morgan fingerprint density at radius 2 is 2.14 bits per heavy atom. The summed E-state index contributed by atoms with van der Waals surface area (Å²) in [5.74, 6) is 2.83. The third-order valence-electron chi connectivity index (χ3n) is 2.50. The standard InChI is InChI=1S/C9H19N3OS/c10-8(9(11)13)6-12-5-7-1-3-14-4-2-7/h7-8,12H,1-6,10H2,(H2,11,13). The minimum atomic E-state index is -0.548. The molecule has 14 heavy (non-hydrogen) atoms. The lowest BCUT2D eigenvalue weighted by atomic mass is 10.0. The molecule has 1 aliphatic heterocycles. The molecule has 0 radical (unpaired) electrons. The molecule has 1 amide bonds. The van der Waals surface area contributed by atoms with Crippen LogP contribution in [0.2, 0.25) is 0 Å². The molecule has 5 heteroatoms. The Morgan fingerprint density at radius 1 is 1.50 bits per heavy atom. The Bertz CT molecular complexity index is 183. The number of rotatable bonds is 5. The molecule has 0 aliphatic carbocycles. The number of thioether (sulfide) groups is 1. The van der Waals surface area contributed by atoms with Gasteiger partial charge >= 0.3 is 0 Å². The van der Waals surface area contributed by atoms with Crippen LogP contribution in [0.5, 0.6) is 0 Å². The van der Waals surface area contributed by atoms with E-state index < -0.39 is 11.9 Å². The average molecular weight is 217 g/mol. The lowest BCUT2D eigenvalue weighted by Gasteiger charge is -2.22. The van der Waals surface area contributed by atoms with Crippen LogP contribution < -0.4 is 16.8 Å². The molecule has 1 atom stereocenters. The first kappa shape index (κ1) is 11.8. The molecule has 1 aliphatic rings. The summed E-state index contributed by atoms with van der Waals surface area (Å²) in [5, 5.41) is 3.20. The summed E-state index contributed by atoms with van der Waals surface area (Å²) in [6.07, 6.45) is 2.53. The molecular weight excluding hydrogens is 198 g/mol. The number of carbonyl (C=O) groups excluding carboxylic acids is 1. The van der Waals surface area contributed by atoms with E-state index in [1.807, 2.05) is 11.8 Å². The van der Waals surface area contributed by atoms with Gasteiger partial charge in [-0.1, -0.05) is 0 Å². The molecule has 0 bridgehead atoms. The zero-order valence-electron chi connectivity index (χ0n) is 8.37. The van der Waals surface area contributed by atoms with Crippen LogP contribution in [0, 0.1) is 5.92 Å². The van der Waals surface area contributed by atoms with Crippen molar-refractivity contribution in [1.82, 2.24) is 5.32 Å². The summed E-state index contributed by atoms with van der Waals surface area (Å²) in [4.78, 5) is 10.6. The van der Waals surface area contributed by atoms with Gasteiger partial charge in [-0.15, -0.1) is 0 Å². The van der Waals surface area contributed by atoms with E-state index in [-0.39, 0.29) is 0 Å². The Labute approximate surface area is 89.2 Å². The van der Waals surface area contributed by atoms with E-state index in [0.717, 1.165) is 12.5 Å². The van der Waals surface area contributed by atoms with Crippen molar-refractivity contribution in [3.05, 3.63) is 0 Å². The predicted octanol–water partition coefficient (Wildman–Crippen LogP) is -0.468. The molecule has 4 nitrogen and oxygen atoms in total. The first-order valence-corrected chi connectivity index (χ1v) is 6.19. The van der Waals surface area contributed by atoms with Crippen molar-refractivity contribution in [3.8, 4) is 0 Å². The molecule has 0 aromatic rings. The Balaban J connectivity index is 2.05. The first-order chi connectivity index (χ1) is 6.70. The lowest BCUT2D eigenvalue weighted by Crippen LogP contribution is -2.45. The smallest absolute Gasteiger partial charge is 0.235 e. The van der Waals surface area contributed by atoms with Crippen LogP contribution in [0.1, 0.15) is 12.8 Å². The van der Waals surface area contributed by atoms with E-state index in [0.29, 0.717) is 6.54 Å². The highest BCUT2D eigenvalue weighted by atomic mass is 32.2. The maximum Gasteiger partial charge on any atom is 0.235 e. The molecule has 1 fully saturated rings. The van der Waals surface area contributed by atoms with E-state index >= 15 is 0 Å². The van der Waals surface area contributed by atoms with Crippen molar-refractivity contribution in [2.24, 2.45) is 17.4 Å². The van der Waals surface area contributed by atoms with Crippen LogP contribution in [0.3, 0.4) is 0 Å². The Kier molecular flexibility index (Phi) is 5.29. The highest BCUT2D eigenvalue weighted by Crippen LogP contribution is 2.21. The van der Waals surface area contributed by atoms with Gasteiger partial charge in [0.05, 0.1) is 6.04 Å². The van der Waals surface area contributed by atoms with E-state index in [4.69, 9.17) is 11.5 Å². The fraction of sp³-hybridized carbons (Fsp3) is 0.889. The molecular formula is C9H19N3OS. The minimum Gasteiger partial charge on any atom is -0.368 e. The molecule has 5 N–H and O–H groups in total. The van der Waals surface area contributed by atoms with Crippen LogP contribution in [0.15, 0.2) is 0 Å². The molecule has 0 saturated carbocycles. The normalized spacial score (nSPS) is 20.6. The topological polar surface area (TPSA) is 81.1 Å². The van der Waals surface area contributed by atoms with Crippen LogP contribution in [0.4, 0.5) is 0 Å². The summed E-state index contributed by atoms with van der Waals surface area (Å²) in [5.41, 5.74) is 10.5. The number of nitrogens with two attached hydrogens (primary N) is 2. The fourth-order valence-electron chi connectivity index (χ4n) is 1.49. The SMILES string of the molecule is NC(=O)C(N)CNCC1CCSCC1. The Hall–Kier alpha value is -0.260. The van der Waals surface area contributed by atoms with Gasteiger partial charge in [-0.3, -0.25) is 4.79 Å². The summed E-state index contributed by atoms with van der Waals surface area (Å²) < 4.78 is 0. The summed E-state index contributed by atoms with van der Waals surface area (Å²) in [7, 11) is 0. The van der Waals surface area contributed by atoms with Crippen molar-refractivity contribution >= 4 is 17.7 Å². The summed E-state index contributed by atoms with van der Waals surface area (Å²) in [6, 6.07) is -0.548. The molecule has 0 aromatic heterocycles. The lowest BCUT2D eigenvalue weighted by molar-refractivity contribution is -0.119. The maximum atomic E-state index is 10.6.